The Kier molecular flexibility index (Phi) is 4.85. The van der Waals surface area contributed by atoms with Crippen LogP contribution in [0.5, 0.6) is 0 Å². The zero-order chi connectivity index (χ0) is 11.6. The summed E-state index contributed by atoms with van der Waals surface area (Å²) >= 11 is 0. The fourth-order valence-electron chi connectivity index (χ4n) is 1.98. The van der Waals surface area contributed by atoms with Gasteiger partial charge in [-0.15, -0.1) is 6.58 Å². The van der Waals surface area contributed by atoms with E-state index in [2.05, 4.69) is 55.0 Å². The van der Waals surface area contributed by atoms with Crippen molar-refractivity contribution in [2.75, 3.05) is 6.16 Å². The zero-order valence-electron chi connectivity index (χ0n) is 11.1. The summed E-state index contributed by atoms with van der Waals surface area (Å²) in [6.07, 6.45) is 2.53. The molecular weight excluding hydrogens is 187 g/mol. The first-order valence-electron chi connectivity index (χ1n) is 5.47. The Balaban J connectivity index is 4.51. The van der Waals surface area contributed by atoms with Gasteiger partial charge in [0.15, 0.2) is 0 Å². The van der Waals surface area contributed by atoms with Gasteiger partial charge >= 0.3 is 0 Å². The van der Waals surface area contributed by atoms with E-state index < -0.39 is 0 Å². The molecule has 0 rings (SSSR count). The van der Waals surface area contributed by atoms with Crippen molar-refractivity contribution in [1.82, 2.24) is 0 Å². The van der Waals surface area contributed by atoms with E-state index in [4.69, 9.17) is 0 Å². The lowest BCUT2D eigenvalue weighted by molar-refractivity contribution is 0.702. The van der Waals surface area contributed by atoms with Gasteiger partial charge in [-0.25, -0.2) is 0 Å². The number of hydrogen-bond acceptors (Lipinski definition) is 0. The van der Waals surface area contributed by atoms with Gasteiger partial charge in [0.25, 0.3) is 0 Å². The highest BCUT2D eigenvalue weighted by Gasteiger charge is 2.33. The van der Waals surface area contributed by atoms with Gasteiger partial charge in [-0.1, -0.05) is 55.0 Å². The average molecular weight is 214 g/mol. The van der Waals surface area contributed by atoms with Crippen LogP contribution in [0, 0.1) is 0 Å². The monoisotopic (exact) mass is 214 g/mol. The number of allylic oxidation sites excluding steroid dienone is 1. The van der Waals surface area contributed by atoms with E-state index in [1.165, 1.54) is 18.2 Å². The topological polar surface area (TPSA) is 0 Å². The number of rotatable bonds is 3. The largest absolute Gasteiger partial charge is 0.100 e. The van der Waals surface area contributed by atoms with Crippen molar-refractivity contribution in [3.63, 3.8) is 0 Å². The minimum atomic E-state index is 0.0639. The first kappa shape index (κ1) is 14.2. The Morgan fingerprint density at radius 2 is 1.36 bits per heavy atom. The highest BCUT2D eigenvalue weighted by atomic mass is 31.1. The molecule has 0 saturated heterocycles. The molecule has 0 amide bonds. The molecule has 0 atom stereocenters. The summed E-state index contributed by atoms with van der Waals surface area (Å²) < 4.78 is 0. The fraction of sp³-hybridized carbons (Fsp3) is 0.846. The van der Waals surface area contributed by atoms with Crippen LogP contribution >= 0.6 is 7.92 Å². The van der Waals surface area contributed by atoms with Crippen molar-refractivity contribution in [1.29, 1.82) is 0 Å². The number of hydrogen-bond donors (Lipinski definition) is 0. The van der Waals surface area contributed by atoms with Gasteiger partial charge in [0, 0.05) is 0 Å². The van der Waals surface area contributed by atoms with Crippen LogP contribution in [0.1, 0.15) is 54.9 Å². The maximum Gasteiger partial charge on any atom is -0.0174 e. The van der Waals surface area contributed by atoms with E-state index in [-0.39, 0.29) is 7.92 Å². The van der Waals surface area contributed by atoms with Gasteiger partial charge in [-0.2, -0.15) is 0 Å². The fourth-order valence-corrected chi connectivity index (χ4v) is 5.94. The Labute approximate surface area is 91.9 Å². The van der Waals surface area contributed by atoms with Crippen molar-refractivity contribution in [2.24, 2.45) is 0 Å². The van der Waals surface area contributed by atoms with Crippen molar-refractivity contribution in [3.05, 3.63) is 12.2 Å². The highest BCUT2D eigenvalue weighted by Crippen LogP contribution is 2.59. The molecule has 0 aromatic heterocycles. The van der Waals surface area contributed by atoms with Gasteiger partial charge < -0.3 is 0 Å². The lowest BCUT2D eigenvalue weighted by Crippen LogP contribution is -2.26. The van der Waals surface area contributed by atoms with E-state index in [0.29, 0.717) is 10.3 Å². The second-order valence-corrected chi connectivity index (χ2v) is 10.2. The lowest BCUT2D eigenvalue weighted by Gasteiger charge is -2.41. The summed E-state index contributed by atoms with van der Waals surface area (Å²) in [7, 11) is 0.0639. The molecule has 0 nitrogen and oxygen atoms in total. The van der Waals surface area contributed by atoms with Crippen LogP contribution in [0.3, 0.4) is 0 Å². The third kappa shape index (κ3) is 5.15. The predicted octanol–water partition coefficient (Wildman–Crippen LogP) is 5.03. The summed E-state index contributed by atoms with van der Waals surface area (Å²) in [5.74, 6) is 0. The molecular formula is C13H27P. The molecule has 0 aromatic carbocycles. The van der Waals surface area contributed by atoms with Crippen LogP contribution in [-0.4, -0.2) is 16.5 Å². The first-order chi connectivity index (χ1) is 6.05. The summed E-state index contributed by atoms with van der Waals surface area (Å²) in [4.78, 5) is 0. The Morgan fingerprint density at radius 1 is 1.00 bits per heavy atom. The molecule has 0 spiro atoms. The van der Waals surface area contributed by atoms with Gasteiger partial charge in [0.2, 0.25) is 0 Å². The van der Waals surface area contributed by atoms with Crippen molar-refractivity contribution in [2.45, 2.75) is 65.2 Å². The van der Waals surface area contributed by atoms with Crippen LogP contribution in [0.25, 0.3) is 0 Å². The third-order valence-corrected chi connectivity index (χ3v) is 6.29. The quantitative estimate of drug-likeness (QED) is 0.456. The predicted molar refractivity (Wildman–Crippen MR) is 70.7 cm³/mol. The van der Waals surface area contributed by atoms with Gasteiger partial charge in [-0.05, 0) is 29.8 Å². The van der Waals surface area contributed by atoms with E-state index in [0.717, 1.165) is 0 Å². The van der Waals surface area contributed by atoms with Gasteiger partial charge in [-0.3, -0.25) is 0 Å². The smallest absolute Gasteiger partial charge is 0.0174 e. The van der Waals surface area contributed by atoms with E-state index in [9.17, 15) is 0 Å². The Bertz CT molecular complexity index is 176. The normalized spacial score (nSPS) is 13.4. The van der Waals surface area contributed by atoms with Crippen LogP contribution in [0.15, 0.2) is 12.2 Å². The second kappa shape index (κ2) is 4.79. The minimum absolute atomic E-state index is 0.0639. The average Bonchev–Trinajstić information content (AvgIpc) is 1.78. The van der Waals surface area contributed by atoms with Gasteiger partial charge in [0.05, 0.1) is 0 Å². The standard InChI is InChI=1S/C13H27P/c1-11(2)9-10-14(12(3,4)5)13(6,7)8/h1,9-10H2,2-8H3. The lowest BCUT2D eigenvalue weighted by atomic mass is 10.2. The van der Waals surface area contributed by atoms with Crippen molar-refractivity contribution < 1.29 is 0 Å². The summed E-state index contributed by atoms with van der Waals surface area (Å²) in [6, 6.07) is 0. The SMILES string of the molecule is C=C(C)CCP(C(C)(C)C)C(C)(C)C. The molecule has 0 N–H and O–H groups in total. The van der Waals surface area contributed by atoms with Crippen LogP contribution in [-0.2, 0) is 0 Å². The van der Waals surface area contributed by atoms with E-state index in [1.54, 1.807) is 0 Å². The van der Waals surface area contributed by atoms with Crippen molar-refractivity contribution in [3.8, 4) is 0 Å². The molecule has 0 heterocycles. The summed E-state index contributed by atoms with van der Waals surface area (Å²) in [6.45, 7) is 20.4. The Hall–Kier alpha value is 0.170. The Morgan fingerprint density at radius 3 is 1.57 bits per heavy atom. The molecule has 0 aromatic rings. The molecule has 0 saturated carbocycles. The van der Waals surface area contributed by atoms with Crippen LogP contribution in [0.4, 0.5) is 0 Å². The zero-order valence-corrected chi connectivity index (χ0v) is 12.0. The van der Waals surface area contributed by atoms with Crippen molar-refractivity contribution >= 4 is 7.92 Å². The molecule has 0 radical (unpaired) electrons. The molecule has 0 aliphatic heterocycles. The summed E-state index contributed by atoms with van der Waals surface area (Å²) in [5, 5.41) is 0.923. The van der Waals surface area contributed by atoms with Crippen LogP contribution in [0.2, 0.25) is 0 Å². The molecule has 0 aliphatic rings. The highest BCUT2D eigenvalue weighted by molar-refractivity contribution is 7.60. The molecule has 14 heavy (non-hydrogen) atoms. The molecule has 0 aliphatic carbocycles. The van der Waals surface area contributed by atoms with Gasteiger partial charge in [0.1, 0.15) is 0 Å². The molecule has 0 fully saturated rings. The first-order valence-corrected chi connectivity index (χ1v) is 7.00. The summed E-state index contributed by atoms with van der Waals surface area (Å²) in [5.41, 5.74) is 1.33. The maximum atomic E-state index is 4.00. The van der Waals surface area contributed by atoms with E-state index in [1.807, 2.05) is 0 Å². The van der Waals surface area contributed by atoms with E-state index >= 15 is 0 Å². The molecule has 0 unspecified atom stereocenters. The molecule has 1 heteroatoms. The molecule has 0 bridgehead atoms. The maximum absolute atomic E-state index is 4.00. The van der Waals surface area contributed by atoms with Crippen LogP contribution < -0.4 is 0 Å². The third-order valence-electron chi connectivity index (χ3n) is 2.38. The minimum Gasteiger partial charge on any atom is -0.100 e. The second-order valence-electron chi connectivity index (χ2n) is 6.20. The molecule has 84 valence electrons.